The second-order valence-electron chi connectivity index (χ2n) is 10.8. The lowest BCUT2D eigenvalue weighted by Crippen LogP contribution is -2.74. The molecule has 0 radical (unpaired) electrons. The van der Waals surface area contributed by atoms with Crippen LogP contribution in [0.5, 0.6) is 0 Å². The van der Waals surface area contributed by atoms with Gasteiger partial charge in [-0.3, -0.25) is 19.6 Å². The Kier molecular flexibility index (Phi) is 4.08. The Morgan fingerprint density at radius 3 is 1.42 bits per heavy atom. The van der Waals surface area contributed by atoms with Crippen molar-refractivity contribution in [3.8, 4) is 0 Å². The highest BCUT2D eigenvalue weighted by molar-refractivity contribution is 5.06. The zero-order valence-electron chi connectivity index (χ0n) is 16.8. The summed E-state index contributed by atoms with van der Waals surface area (Å²) in [6, 6.07) is 3.18. The Balaban J connectivity index is 1.33. The molecule has 5 aliphatic rings. The van der Waals surface area contributed by atoms with Gasteiger partial charge in [0.15, 0.2) is 0 Å². The molecule has 0 aromatic carbocycles. The first kappa shape index (κ1) is 17.3. The van der Waals surface area contributed by atoms with E-state index in [1.165, 1.54) is 52.1 Å². The third-order valence-electron chi connectivity index (χ3n) is 6.78. The topological polar surface area (TPSA) is 13.0 Å². The van der Waals surface area contributed by atoms with Crippen molar-refractivity contribution in [1.29, 1.82) is 0 Å². The van der Waals surface area contributed by atoms with Crippen molar-refractivity contribution in [3.63, 3.8) is 0 Å². The van der Waals surface area contributed by atoms with Gasteiger partial charge in [-0.15, -0.1) is 0 Å². The average molecular weight is 335 g/mol. The van der Waals surface area contributed by atoms with E-state index in [0.29, 0.717) is 11.1 Å². The smallest absolute Gasteiger partial charge is 0.0508 e. The first-order valence-electron chi connectivity index (χ1n) is 10.1. The summed E-state index contributed by atoms with van der Waals surface area (Å²) in [6.07, 6.45) is 4.24. The molecule has 0 aromatic rings. The number of fused-ring (bicyclic) bond motifs is 4. The Morgan fingerprint density at radius 2 is 1.00 bits per heavy atom. The number of piperidine rings is 1. The molecule has 4 unspecified atom stereocenters. The van der Waals surface area contributed by atoms with E-state index < -0.39 is 0 Å². The molecule has 5 heterocycles. The standard InChI is InChI=1S/C20H38N4/c1-19(2,3)23-15-7-8-16(23)11-21(10-15)14-22-12-17-9-18(13-22)24(17)20(4,5)6/h15-18H,7-14H2,1-6H3. The van der Waals surface area contributed by atoms with Crippen LogP contribution >= 0.6 is 0 Å². The number of hydrogen-bond donors (Lipinski definition) is 0. The molecule has 5 rings (SSSR count). The fraction of sp³-hybridized carbons (Fsp3) is 1.00. The molecule has 5 fully saturated rings. The summed E-state index contributed by atoms with van der Waals surface area (Å²) in [5.74, 6) is 0. The minimum atomic E-state index is 0.331. The van der Waals surface area contributed by atoms with Crippen molar-refractivity contribution in [3.05, 3.63) is 0 Å². The van der Waals surface area contributed by atoms with Gasteiger partial charge in [0.05, 0.1) is 6.67 Å². The van der Waals surface area contributed by atoms with Crippen molar-refractivity contribution in [2.45, 2.75) is 96.1 Å². The molecule has 0 aromatic heterocycles. The van der Waals surface area contributed by atoms with Gasteiger partial charge in [-0.05, 0) is 60.8 Å². The van der Waals surface area contributed by atoms with Crippen molar-refractivity contribution >= 4 is 0 Å². The van der Waals surface area contributed by atoms with Gasteiger partial charge < -0.3 is 0 Å². The molecular weight excluding hydrogens is 296 g/mol. The van der Waals surface area contributed by atoms with E-state index >= 15 is 0 Å². The van der Waals surface area contributed by atoms with E-state index in [9.17, 15) is 0 Å². The fourth-order valence-electron chi connectivity index (χ4n) is 6.39. The summed E-state index contributed by atoms with van der Waals surface area (Å²) in [4.78, 5) is 11.1. The van der Waals surface area contributed by atoms with Gasteiger partial charge in [0.25, 0.3) is 0 Å². The van der Waals surface area contributed by atoms with Crippen molar-refractivity contribution in [1.82, 2.24) is 19.6 Å². The van der Waals surface area contributed by atoms with Crippen LogP contribution in [0, 0.1) is 0 Å². The van der Waals surface area contributed by atoms with Crippen molar-refractivity contribution in [2.75, 3.05) is 32.8 Å². The highest BCUT2D eigenvalue weighted by Crippen LogP contribution is 2.39. The van der Waals surface area contributed by atoms with Crippen LogP contribution in [0.4, 0.5) is 0 Å². The Bertz CT molecular complexity index is 451. The number of likely N-dealkylation sites (tertiary alicyclic amines) is 1. The third-order valence-corrected chi connectivity index (χ3v) is 6.78. The van der Waals surface area contributed by atoms with Gasteiger partial charge in [-0.1, -0.05) is 0 Å². The highest BCUT2D eigenvalue weighted by Gasteiger charge is 2.50. The lowest BCUT2D eigenvalue weighted by molar-refractivity contribution is -0.131. The number of nitrogens with zero attached hydrogens (tertiary/aromatic N) is 4. The van der Waals surface area contributed by atoms with Gasteiger partial charge in [-0.2, -0.15) is 0 Å². The van der Waals surface area contributed by atoms with Gasteiger partial charge in [0.1, 0.15) is 0 Å². The van der Waals surface area contributed by atoms with Crippen LogP contribution < -0.4 is 0 Å². The van der Waals surface area contributed by atoms with E-state index in [2.05, 4.69) is 61.1 Å². The van der Waals surface area contributed by atoms with Gasteiger partial charge in [-0.25, -0.2) is 0 Å². The summed E-state index contributed by atoms with van der Waals surface area (Å²) in [5, 5.41) is 0. The van der Waals surface area contributed by atoms with E-state index in [-0.39, 0.29) is 0 Å². The molecule has 0 spiro atoms. The largest absolute Gasteiger partial charge is 0.290 e. The SMILES string of the molecule is CC(C)(C)N1C2CCC1CN(CN1CC3CC(C1)N3C(C)(C)C)C2. The highest BCUT2D eigenvalue weighted by atomic mass is 15.4. The maximum absolute atomic E-state index is 2.82. The first-order chi connectivity index (χ1) is 11.1. The molecular formula is C20H38N4. The van der Waals surface area contributed by atoms with Gasteiger partial charge in [0, 0.05) is 61.4 Å². The molecule has 24 heavy (non-hydrogen) atoms. The van der Waals surface area contributed by atoms with E-state index in [4.69, 9.17) is 0 Å². The normalized spacial score (nSPS) is 39.2. The zero-order valence-corrected chi connectivity index (χ0v) is 16.8. The summed E-state index contributed by atoms with van der Waals surface area (Å²) in [6.45, 7) is 20.7. The van der Waals surface area contributed by atoms with Crippen LogP contribution in [0.2, 0.25) is 0 Å². The summed E-state index contributed by atoms with van der Waals surface area (Å²) in [5.41, 5.74) is 0.676. The van der Waals surface area contributed by atoms with Crippen LogP contribution in [-0.2, 0) is 0 Å². The first-order valence-corrected chi connectivity index (χ1v) is 10.1. The molecule has 4 nitrogen and oxygen atoms in total. The molecule has 4 heteroatoms. The lowest BCUT2D eigenvalue weighted by Gasteiger charge is -2.62. The molecule has 5 aliphatic heterocycles. The average Bonchev–Trinajstić information content (AvgIpc) is 2.69. The fourth-order valence-corrected chi connectivity index (χ4v) is 6.39. The Labute approximate surface area is 149 Å². The molecule has 0 amide bonds. The van der Waals surface area contributed by atoms with E-state index in [1.807, 2.05) is 0 Å². The number of rotatable bonds is 2. The second-order valence-corrected chi connectivity index (χ2v) is 10.8. The van der Waals surface area contributed by atoms with Crippen LogP contribution in [0.15, 0.2) is 0 Å². The minimum absolute atomic E-state index is 0.331. The van der Waals surface area contributed by atoms with Gasteiger partial charge in [0.2, 0.25) is 0 Å². The molecule has 0 aliphatic carbocycles. The Hall–Kier alpha value is -0.160. The zero-order chi connectivity index (χ0) is 17.3. The van der Waals surface area contributed by atoms with Crippen molar-refractivity contribution in [2.24, 2.45) is 0 Å². The second kappa shape index (κ2) is 5.67. The summed E-state index contributed by atoms with van der Waals surface area (Å²) < 4.78 is 0. The van der Waals surface area contributed by atoms with Crippen molar-refractivity contribution < 1.29 is 0 Å². The quantitative estimate of drug-likeness (QED) is 0.769. The van der Waals surface area contributed by atoms with Gasteiger partial charge >= 0.3 is 0 Å². The molecule has 138 valence electrons. The van der Waals surface area contributed by atoms with Crippen LogP contribution in [0.1, 0.15) is 60.8 Å². The molecule has 0 saturated carbocycles. The van der Waals surface area contributed by atoms with E-state index in [1.54, 1.807) is 0 Å². The number of piperazine rings is 2. The minimum Gasteiger partial charge on any atom is -0.290 e. The van der Waals surface area contributed by atoms with E-state index in [0.717, 1.165) is 24.2 Å². The van der Waals surface area contributed by atoms with Crippen LogP contribution in [0.3, 0.4) is 0 Å². The molecule has 4 bridgehead atoms. The molecule has 0 N–H and O–H groups in total. The summed E-state index contributed by atoms with van der Waals surface area (Å²) >= 11 is 0. The lowest BCUT2D eigenvalue weighted by atomic mass is 9.82. The predicted molar refractivity (Wildman–Crippen MR) is 100 cm³/mol. The monoisotopic (exact) mass is 334 g/mol. The maximum Gasteiger partial charge on any atom is 0.0508 e. The third kappa shape index (κ3) is 2.94. The molecule has 4 atom stereocenters. The van der Waals surface area contributed by atoms with Crippen LogP contribution in [-0.4, -0.2) is 87.7 Å². The Morgan fingerprint density at radius 1 is 0.625 bits per heavy atom. The maximum atomic E-state index is 2.82. The van der Waals surface area contributed by atoms with Crippen LogP contribution in [0.25, 0.3) is 0 Å². The predicted octanol–water partition coefficient (Wildman–Crippen LogP) is 2.45. The number of hydrogen-bond acceptors (Lipinski definition) is 4. The summed E-state index contributed by atoms with van der Waals surface area (Å²) in [7, 11) is 0. The molecule has 5 saturated heterocycles.